The predicted molar refractivity (Wildman–Crippen MR) is 236 cm³/mol. The van der Waals surface area contributed by atoms with Crippen LogP contribution >= 0.6 is 0 Å². The highest BCUT2D eigenvalue weighted by molar-refractivity contribution is 6.10. The average molecular weight is 726 g/mol. The Bertz CT molecular complexity index is 3140. The first-order valence-electron chi connectivity index (χ1n) is 19.7. The summed E-state index contributed by atoms with van der Waals surface area (Å²) in [6.45, 7) is 0. The molecule has 0 saturated heterocycles. The molecule has 10 aromatic rings. The number of benzene rings is 9. The molecule has 0 aliphatic heterocycles. The largest absolute Gasteiger partial charge is 0.454 e. The smallest absolute Gasteiger partial charge is 0.159 e. The third kappa shape index (κ3) is 4.59. The van der Waals surface area contributed by atoms with Gasteiger partial charge in [0.1, 0.15) is 5.58 Å². The van der Waals surface area contributed by atoms with Crippen LogP contribution in [0, 0.1) is 0 Å². The van der Waals surface area contributed by atoms with Crippen LogP contribution in [0.4, 0.5) is 17.1 Å². The number of hydrogen-bond acceptors (Lipinski definition) is 2. The van der Waals surface area contributed by atoms with E-state index in [-0.39, 0.29) is 5.41 Å². The number of nitrogens with zero attached hydrogens (tertiary/aromatic N) is 1. The minimum Gasteiger partial charge on any atom is -0.454 e. The molecule has 1 aromatic heterocycles. The summed E-state index contributed by atoms with van der Waals surface area (Å²) in [7, 11) is 0. The number of furan rings is 1. The summed E-state index contributed by atoms with van der Waals surface area (Å²) in [5, 5.41) is 2.22. The van der Waals surface area contributed by atoms with Crippen molar-refractivity contribution in [2.24, 2.45) is 0 Å². The van der Waals surface area contributed by atoms with Crippen LogP contribution in [0.5, 0.6) is 0 Å². The van der Waals surface area contributed by atoms with Gasteiger partial charge in [-0.25, -0.2) is 0 Å². The second-order valence-corrected chi connectivity index (χ2v) is 15.2. The van der Waals surface area contributed by atoms with Gasteiger partial charge in [-0.15, -0.1) is 0 Å². The highest BCUT2D eigenvalue weighted by Crippen LogP contribution is 2.63. The Labute approximate surface area is 331 Å². The lowest BCUT2D eigenvalue weighted by atomic mass is 9.70. The molecule has 2 heteroatoms. The number of hydrogen-bond donors (Lipinski definition) is 0. The maximum Gasteiger partial charge on any atom is 0.159 e. The van der Waals surface area contributed by atoms with E-state index < -0.39 is 0 Å². The molecule has 9 aromatic carbocycles. The monoisotopic (exact) mass is 725 g/mol. The Morgan fingerprint density at radius 2 is 0.860 bits per heavy atom. The highest BCUT2D eigenvalue weighted by atomic mass is 16.3. The number of anilines is 3. The van der Waals surface area contributed by atoms with Crippen LogP contribution in [0.15, 0.2) is 217 Å². The molecule has 0 radical (unpaired) electrons. The molecule has 0 atom stereocenters. The van der Waals surface area contributed by atoms with Crippen molar-refractivity contribution in [2.45, 2.75) is 5.41 Å². The summed E-state index contributed by atoms with van der Waals surface area (Å²) in [4.78, 5) is 2.34. The Balaban J connectivity index is 1.03. The normalized spacial score (nSPS) is 13.1. The molecule has 0 amide bonds. The fraction of sp³-hybridized carbons (Fsp3) is 0.0182. The van der Waals surface area contributed by atoms with E-state index in [2.05, 4.69) is 211 Å². The molecular weight excluding hydrogens is 691 g/mol. The molecule has 0 unspecified atom stereocenters. The van der Waals surface area contributed by atoms with E-state index >= 15 is 0 Å². The van der Waals surface area contributed by atoms with Crippen LogP contribution in [-0.2, 0) is 5.41 Å². The zero-order chi connectivity index (χ0) is 37.5. The van der Waals surface area contributed by atoms with Gasteiger partial charge in [0.2, 0.25) is 0 Å². The van der Waals surface area contributed by atoms with Crippen molar-refractivity contribution >= 4 is 39.0 Å². The lowest BCUT2D eigenvalue weighted by molar-refractivity contribution is 0.669. The van der Waals surface area contributed by atoms with Gasteiger partial charge in [-0.05, 0) is 109 Å². The van der Waals surface area contributed by atoms with Crippen molar-refractivity contribution < 1.29 is 4.42 Å². The summed E-state index contributed by atoms with van der Waals surface area (Å²) < 4.78 is 6.65. The van der Waals surface area contributed by atoms with Gasteiger partial charge in [-0.3, -0.25) is 0 Å². The van der Waals surface area contributed by atoms with E-state index in [0.717, 1.165) is 44.6 Å². The van der Waals surface area contributed by atoms with Crippen molar-refractivity contribution in [1.29, 1.82) is 0 Å². The SMILES string of the molecule is c1ccc(-c2ccc(N(c3cccc(-c4ccc5c(c4)-c4ccccc4C54c5ccccc5-c5ccccc54)c3)c3cccc4c3oc3ccccc34)cc2)cc1. The molecule has 2 aliphatic rings. The molecule has 0 saturated carbocycles. The lowest BCUT2D eigenvalue weighted by Gasteiger charge is -2.30. The molecule has 2 aliphatic carbocycles. The third-order valence-electron chi connectivity index (χ3n) is 12.3. The van der Waals surface area contributed by atoms with E-state index in [1.165, 1.54) is 61.2 Å². The molecular formula is C55H35NO. The second kappa shape index (κ2) is 12.3. The van der Waals surface area contributed by atoms with E-state index in [4.69, 9.17) is 4.42 Å². The van der Waals surface area contributed by atoms with Crippen LogP contribution in [0.25, 0.3) is 66.4 Å². The molecule has 57 heavy (non-hydrogen) atoms. The van der Waals surface area contributed by atoms with Gasteiger partial charge < -0.3 is 9.32 Å². The summed E-state index contributed by atoms with van der Waals surface area (Å²) in [5.74, 6) is 0. The van der Waals surface area contributed by atoms with Gasteiger partial charge in [0.15, 0.2) is 5.58 Å². The maximum absolute atomic E-state index is 6.65. The molecule has 1 heterocycles. The lowest BCUT2D eigenvalue weighted by Crippen LogP contribution is -2.25. The Morgan fingerprint density at radius 3 is 1.60 bits per heavy atom. The molecule has 12 rings (SSSR count). The van der Waals surface area contributed by atoms with Crippen molar-refractivity contribution in [1.82, 2.24) is 0 Å². The van der Waals surface area contributed by atoms with E-state index in [0.29, 0.717) is 0 Å². The van der Waals surface area contributed by atoms with Crippen LogP contribution in [0.1, 0.15) is 22.3 Å². The molecule has 0 bridgehead atoms. The van der Waals surface area contributed by atoms with Gasteiger partial charge in [0.05, 0.1) is 11.1 Å². The third-order valence-corrected chi connectivity index (χ3v) is 12.3. The summed E-state index contributed by atoms with van der Waals surface area (Å²) in [6.07, 6.45) is 0. The first-order valence-corrected chi connectivity index (χ1v) is 19.7. The molecule has 1 spiro atoms. The van der Waals surface area contributed by atoms with Gasteiger partial charge in [0, 0.05) is 22.1 Å². The summed E-state index contributed by atoms with van der Waals surface area (Å²) in [5.41, 5.74) is 19.9. The summed E-state index contributed by atoms with van der Waals surface area (Å²) >= 11 is 0. The topological polar surface area (TPSA) is 16.4 Å². The van der Waals surface area contributed by atoms with E-state index in [1.807, 2.05) is 6.07 Å². The average Bonchev–Trinajstić information content (AvgIpc) is 3.92. The Kier molecular flexibility index (Phi) is 6.88. The van der Waals surface area contributed by atoms with Crippen molar-refractivity contribution in [3.8, 4) is 44.5 Å². The molecule has 266 valence electrons. The van der Waals surface area contributed by atoms with Crippen molar-refractivity contribution in [3.63, 3.8) is 0 Å². The molecule has 0 fully saturated rings. The fourth-order valence-corrected chi connectivity index (χ4v) is 9.87. The van der Waals surface area contributed by atoms with Gasteiger partial charge in [0.25, 0.3) is 0 Å². The minimum atomic E-state index is -0.354. The summed E-state index contributed by atoms with van der Waals surface area (Å²) in [6, 6.07) is 77.3. The zero-order valence-corrected chi connectivity index (χ0v) is 31.1. The van der Waals surface area contributed by atoms with Crippen LogP contribution in [0.2, 0.25) is 0 Å². The fourth-order valence-electron chi connectivity index (χ4n) is 9.87. The zero-order valence-electron chi connectivity index (χ0n) is 31.1. The minimum absolute atomic E-state index is 0.354. The number of para-hydroxylation sites is 2. The van der Waals surface area contributed by atoms with E-state index in [9.17, 15) is 0 Å². The molecule has 0 N–H and O–H groups in total. The van der Waals surface area contributed by atoms with Gasteiger partial charge in [-0.1, -0.05) is 170 Å². The first-order chi connectivity index (χ1) is 28.3. The van der Waals surface area contributed by atoms with Crippen LogP contribution in [0.3, 0.4) is 0 Å². The number of rotatable bonds is 5. The predicted octanol–water partition coefficient (Wildman–Crippen LogP) is 14.7. The molecule has 2 nitrogen and oxygen atoms in total. The standard InChI is InChI=1S/C55H35NO/c1-2-14-36(15-3-1)37-28-31-40(32-29-37)56(52-26-13-22-46-45-21-7-11-27-53(45)57-54(46)52)41-17-12-16-38(34-41)39-30-33-51-47(35-39)44-20-6-10-25-50(44)55(51)48-23-8-4-18-42(48)43-19-5-9-24-49(43)55/h1-35H. The first kappa shape index (κ1) is 31.9. The van der Waals surface area contributed by atoms with E-state index in [1.54, 1.807) is 0 Å². The maximum atomic E-state index is 6.65. The van der Waals surface area contributed by atoms with Crippen molar-refractivity contribution in [3.05, 3.63) is 235 Å². The Morgan fingerprint density at radius 1 is 0.333 bits per heavy atom. The number of fused-ring (bicyclic) bond motifs is 13. The highest BCUT2D eigenvalue weighted by Gasteiger charge is 2.51. The van der Waals surface area contributed by atoms with Crippen molar-refractivity contribution in [2.75, 3.05) is 4.90 Å². The second-order valence-electron chi connectivity index (χ2n) is 15.2. The Hall–Kier alpha value is -7.42. The van der Waals surface area contributed by atoms with Gasteiger partial charge in [-0.2, -0.15) is 0 Å². The van der Waals surface area contributed by atoms with Gasteiger partial charge >= 0.3 is 0 Å². The quantitative estimate of drug-likeness (QED) is 0.176. The van der Waals surface area contributed by atoms with Crippen LogP contribution < -0.4 is 4.90 Å². The van der Waals surface area contributed by atoms with Crippen LogP contribution in [-0.4, -0.2) is 0 Å².